The van der Waals surface area contributed by atoms with Gasteiger partial charge in [0.05, 0.1) is 17.8 Å². The van der Waals surface area contributed by atoms with Crippen molar-refractivity contribution in [2.75, 3.05) is 6.61 Å². The molecule has 0 aliphatic heterocycles. The van der Waals surface area contributed by atoms with Gasteiger partial charge in [-0.05, 0) is 51.2 Å². The number of aryl methyl sites for hydroxylation is 2. The molecule has 1 N–H and O–H groups in total. The van der Waals surface area contributed by atoms with Crippen LogP contribution in [0.5, 0.6) is 0 Å². The van der Waals surface area contributed by atoms with Crippen molar-refractivity contribution in [1.82, 2.24) is 14.9 Å². The van der Waals surface area contributed by atoms with Crippen molar-refractivity contribution in [3.8, 4) is 0 Å². The minimum Gasteiger partial charge on any atom is -0.379 e. The van der Waals surface area contributed by atoms with Crippen LogP contribution in [0.15, 0.2) is 35.4 Å². The van der Waals surface area contributed by atoms with Crippen LogP contribution in [0.3, 0.4) is 0 Å². The molecule has 5 nitrogen and oxygen atoms in total. The highest BCUT2D eigenvalue weighted by molar-refractivity contribution is 7.18. The van der Waals surface area contributed by atoms with E-state index in [1.807, 2.05) is 26.0 Å². The topological polar surface area (TPSA) is 56.2 Å². The van der Waals surface area contributed by atoms with Gasteiger partial charge in [-0.2, -0.15) is 0 Å². The summed E-state index contributed by atoms with van der Waals surface area (Å²) in [7, 11) is 0. The summed E-state index contributed by atoms with van der Waals surface area (Å²) in [6.07, 6.45) is 5.29. The summed E-state index contributed by atoms with van der Waals surface area (Å²) >= 11 is 1.62. The van der Waals surface area contributed by atoms with Crippen molar-refractivity contribution in [1.29, 1.82) is 0 Å². The van der Waals surface area contributed by atoms with Gasteiger partial charge in [0.25, 0.3) is 5.56 Å². The van der Waals surface area contributed by atoms with E-state index in [9.17, 15) is 9.18 Å². The number of benzene rings is 1. The van der Waals surface area contributed by atoms with Crippen LogP contribution in [0.2, 0.25) is 0 Å². The molecule has 1 aliphatic rings. The minimum atomic E-state index is -0.174. The van der Waals surface area contributed by atoms with Crippen molar-refractivity contribution in [2.45, 2.75) is 64.8 Å². The Bertz CT molecular complexity index is 1080. The molecule has 0 saturated carbocycles. The average molecular weight is 430 g/mol. The van der Waals surface area contributed by atoms with Crippen LogP contribution < -0.4 is 10.9 Å². The zero-order chi connectivity index (χ0) is 21.1. The second kappa shape index (κ2) is 9.37. The van der Waals surface area contributed by atoms with Crippen LogP contribution in [-0.4, -0.2) is 28.3 Å². The van der Waals surface area contributed by atoms with E-state index >= 15 is 0 Å². The van der Waals surface area contributed by atoms with Gasteiger partial charge >= 0.3 is 0 Å². The number of aromatic nitrogens is 2. The molecule has 3 aromatic rings. The lowest BCUT2D eigenvalue weighted by atomic mass is 9.93. The van der Waals surface area contributed by atoms with Gasteiger partial charge in [-0.15, -0.1) is 11.3 Å². The first kappa shape index (κ1) is 21.2. The first-order valence-corrected chi connectivity index (χ1v) is 11.4. The largest absolute Gasteiger partial charge is 0.379 e. The third-order valence-corrected chi connectivity index (χ3v) is 6.73. The lowest BCUT2D eigenvalue weighted by Crippen LogP contribution is -2.34. The molecule has 0 radical (unpaired) electrons. The molecule has 0 amide bonds. The van der Waals surface area contributed by atoms with Gasteiger partial charge in [0.1, 0.15) is 10.6 Å². The van der Waals surface area contributed by atoms with Crippen molar-refractivity contribution >= 4 is 21.6 Å². The molecule has 1 aliphatic carbocycles. The highest BCUT2D eigenvalue weighted by Gasteiger charge is 2.25. The number of thiophene rings is 1. The Labute approximate surface area is 179 Å². The van der Waals surface area contributed by atoms with E-state index in [1.165, 1.54) is 10.9 Å². The van der Waals surface area contributed by atoms with E-state index < -0.39 is 0 Å². The summed E-state index contributed by atoms with van der Waals surface area (Å²) in [5, 5.41) is 4.27. The summed E-state index contributed by atoms with van der Waals surface area (Å²) < 4.78 is 21.2. The summed E-state index contributed by atoms with van der Waals surface area (Å²) in [4.78, 5) is 19.7. The van der Waals surface area contributed by atoms with Gasteiger partial charge in [0, 0.05) is 36.2 Å². The number of fused-ring (bicyclic) bond motifs is 3. The van der Waals surface area contributed by atoms with Crippen LogP contribution in [0.1, 0.15) is 42.7 Å². The molecule has 0 spiro atoms. The molecule has 2 aromatic heterocycles. The predicted octanol–water partition coefficient (Wildman–Crippen LogP) is 4.06. The molecule has 0 unspecified atom stereocenters. The Morgan fingerprint density at radius 2 is 2.20 bits per heavy atom. The van der Waals surface area contributed by atoms with Gasteiger partial charge in [-0.25, -0.2) is 9.37 Å². The second-order valence-corrected chi connectivity index (χ2v) is 9.20. The maximum Gasteiger partial charge on any atom is 0.262 e. The quantitative estimate of drug-likeness (QED) is 0.549. The number of rotatable bonds is 8. The van der Waals surface area contributed by atoms with Gasteiger partial charge in [0.2, 0.25) is 0 Å². The third kappa shape index (κ3) is 4.63. The number of hydrogen-bond donors (Lipinski definition) is 1. The Morgan fingerprint density at radius 3 is 3.00 bits per heavy atom. The Hall–Kier alpha value is -2.09. The number of ether oxygens (including phenoxy) is 1. The van der Waals surface area contributed by atoms with Crippen LogP contribution in [0.4, 0.5) is 4.39 Å². The molecule has 0 fully saturated rings. The monoisotopic (exact) mass is 429 g/mol. The fourth-order valence-electron chi connectivity index (χ4n) is 3.98. The number of nitrogens with one attached hydrogen (secondary N) is 1. The van der Waals surface area contributed by atoms with E-state index in [2.05, 4.69) is 10.3 Å². The third-order valence-electron chi connectivity index (χ3n) is 5.57. The number of hydrogen-bond acceptors (Lipinski definition) is 5. The minimum absolute atomic E-state index is 0.0554. The molecule has 30 heavy (non-hydrogen) atoms. The van der Waals surface area contributed by atoms with Crippen LogP contribution in [0, 0.1) is 5.82 Å². The zero-order valence-corrected chi connectivity index (χ0v) is 18.3. The first-order chi connectivity index (χ1) is 14.5. The summed E-state index contributed by atoms with van der Waals surface area (Å²) in [5.74, 6) is -0.174. The van der Waals surface area contributed by atoms with Gasteiger partial charge in [-0.3, -0.25) is 9.36 Å². The van der Waals surface area contributed by atoms with Gasteiger partial charge in [-0.1, -0.05) is 18.2 Å². The summed E-state index contributed by atoms with van der Waals surface area (Å²) in [5.41, 5.74) is 1.90. The van der Waals surface area contributed by atoms with E-state index in [4.69, 9.17) is 4.74 Å². The summed E-state index contributed by atoms with van der Waals surface area (Å²) in [6, 6.07) is 7.15. The first-order valence-electron chi connectivity index (χ1n) is 10.6. The summed E-state index contributed by atoms with van der Waals surface area (Å²) in [6.45, 7) is 5.79. The Kier molecular flexibility index (Phi) is 6.61. The van der Waals surface area contributed by atoms with E-state index in [-0.39, 0.29) is 23.5 Å². The molecular weight excluding hydrogens is 401 g/mol. The maximum absolute atomic E-state index is 13.9. The SMILES string of the molecule is CC(C)OCCCn1cnc2sc3c(c2c1=O)CC[C@@H](NCc1ccccc1F)C3. The van der Waals surface area contributed by atoms with Crippen LogP contribution in [-0.2, 0) is 30.7 Å². The smallest absolute Gasteiger partial charge is 0.262 e. The van der Waals surface area contributed by atoms with E-state index in [0.29, 0.717) is 25.3 Å². The molecule has 4 rings (SSSR count). The molecule has 0 bridgehead atoms. The predicted molar refractivity (Wildman–Crippen MR) is 119 cm³/mol. The molecule has 7 heteroatoms. The second-order valence-electron chi connectivity index (χ2n) is 8.11. The fraction of sp³-hybridized carbons (Fsp3) is 0.478. The molecular formula is C23H28FN3O2S. The number of nitrogens with zero attached hydrogens (tertiary/aromatic N) is 2. The maximum atomic E-state index is 13.9. The molecule has 1 aromatic carbocycles. The molecule has 0 saturated heterocycles. The Morgan fingerprint density at radius 1 is 1.37 bits per heavy atom. The van der Waals surface area contributed by atoms with E-state index in [1.54, 1.807) is 28.3 Å². The lowest BCUT2D eigenvalue weighted by molar-refractivity contribution is 0.0747. The van der Waals surface area contributed by atoms with Crippen molar-refractivity contribution in [3.63, 3.8) is 0 Å². The standard InChI is InChI=1S/C23H28FN3O2S/c1-15(2)29-11-5-10-27-14-26-22-21(23(27)28)18-9-8-17(12-20(18)30-22)25-13-16-6-3-4-7-19(16)24/h3-4,6-7,14-15,17,25H,5,8-13H2,1-2H3/t17-/m1/s1. The molecule has 160 valence electrons. The normalized spacial score (nSPS) is 16.3. The fourth-order valence-corrected chi connectivity index (χ4v) is 5.24. The Balaban J connectivity index is 1.45. The number of halogens is 1. The van der Waals surface area contributed by atoms with Gasteiger partial charge in [0.15, 0.2) is 0 Å². The van der Waals surface area contributed by atoms with Crippen molar-refractivity contribution < 1.29 is 9.13 Å². The molecule has 2 heterocycles. The van der Waals surface area contributed by atoms with Crippen molar-refractivity contribution in [2.24, 2.45) is 0 Å². The average Bonchev–Trinajstić information content (AvgIpc) is 3.10. The molecule has 1 atom stereocenters. The highest BCUT2D eigenvalue weighted by Crippen LogP contribution is 2.33. The highest BCUT2D eigenvalue weighted by atomic mass is 32.1. The van der Waals surface area contributed by atoms with Gasteiger partial charge < -0.3 is 10.1 Å². The van der Waals surface area contributed by atoms with Crippen LogP contribution in [0.25, 0.3) is 10.2 Å². The van der Waals surface area contributed by atoms with E-state index in [0.717, 1.165) is 41.5 Å². The zero-order valence-electron chi connectivity index (χ0n) is 17.5. The van der Waals surface area contributed by atoms with Crippen molar-refractivity contribution in [3.05, 3.63) is 62.8 Å². The lowest BCUT2D eigenvalue weighted by Gasteiger charge is -2.23. The van der Waals surface area contributed by atoms with Crippen LogP contribution >= 0.6 is 11.3 Å².